The minimum Gasteiger partial charge on any atom is -0.491 e. The molecule has 2 saturated heterocycles. The Hall–Kier alpha value is -2.61. The van der Waals surface area contributed by atoms with Gasteiger partial charge in [-0.25, -0.2) is 9.59 Å². The molecular weight excluding hydrogens is 340 g/mol. The number of nitrogens with zero attached hydrogens (tertiary/aromatic N) is 2. The molecule has 0 radical (unpaired) electrons. The Bertz CT molecular complexity index is 667. The molecule has 0 saturated carbocycles. The summed E-state index contributed by atoms with van der Waals surface area (Å²) in [7, 11) is 0. The van der Waals surface area contributed by atoms with E-state index in [1.165, 1.54) is 0 Å². The number of carbonyl (C=O) groups is 3. The highest BCUT2D eigenvalue weighted by Crippen LogP contribution is 2.27. The van der Waals surface area contributed by atoms with Gasteiger partial charge in [-0.1, -0.05) is 0 Å². The van der Waals surface area contributed by atoms with Crippen LogP contribution in [-0.2, 0) is 9.53 Å². The zero-order valence-electron chi connectivity index (χ0n) is 14.6. The first-order valence-corrected chi connectivity index (χ1v) is 8.71. The number of imide groups is 1. The van der Waals surface area contributed by atoms with E-state index in [2.05, 4.69) is 0 Å². The van der Waals surface area contributed by atoms with Gasteiger partial charge in [-0.2, -0.15) is 0 Å². The standard InChI is InChI=1S/C18H22N2O6/c1-2-25-17(23)12-5-7-14(8-6-12)26-11-13(21)10-20-16(22)15-4-3-9-19(15)18(20)24/h5-8,13,15,21H,2-4,9-11H2,1H3. The second-order valence-corrected chi connectivity index (χ2v) is 6.29. The minimum atomic E-state index is -0.993. The topological polar surface area (TPSA) is 96.4 Å². The lowest BCUT2D eigenvalue weighted by Crippen LogP contribution is -2.41. The molecule has 1 aromatic rings. The molecule has 2 fully saturated rings. The molecule has 1 N–H and O–H groups in total. The van der Waals surface area contributed by atoms with E-state index >= 15 is 0 Å². The molecule has 8 heteroatoms. The summed E-state index contributed by atoms with van der Waals surface area (Å²) in [4.78, 5) is 38.7. The van der Waals surface area contributed by atoms with Gasteiger partial charge in [-0.05, 0) is 44.0 Å². The van der Waals surface area contributed by atoms with Crippen molar-refractivity contribution < 1.29 is 29.0 Å². The number of urea groups is 1. The normalized spacial score (nSPS) is 20.3. The summed E-state index contributed by atoms with van der Waals surface area (Å²) in [6, 6.07) is 5.63. The van der Waals surface area contributed by atoms with E-state index in [1.807, 2.05) is 0 Å². The van der Waals surface area contributed by atoms with Gasteiger partial charge in [0.2, 0.25) is 0 Å². The van der Waals surface area contributed by atoms with Gasteiger partial charge >= 0.3 is 12.0 Å². The van der Waals surface area contributed by atoms with E-state index in [-0.39, 0.29) is 31.1 Å². The van der Waals surface area contributed by atoms with Crippen LogP contribution in [0.25, 0.3) is 0 Å². The van der Waals surface area contributed by atoms with Crippen LogP contribution in [0.4, 0.5) is 4.79 Å². The Balaban J connectivity index is 1.50. The Labute approximate surface area is 151 Å². The van der Waals surface area contributed by atoms with Crippen LogP contribution in [0.1, 0.15) is 30.1 Å². The van der Waals surface area contributed by atoms with Crippen LogP contribution in [-0.4, -0.2) is 71.3 Å². The van der Waals surface area contributed by atoms with Gasteiger partial charge in [0.25, 0.3) is 5.91 Å². The fraction of sp³-hybridized carbons (Fsp3) is 0.500. The first-order valence-electron chi connectivity index (χ1n) is 8.71. The van der Waals surface area contributed by atoms with E-state index in [4.69, 9.17) is 9.47 Å². The van der Waals surface area contributed by atoms with Crippen LogP contribution in [0, 0.1) is 0 Å². The molecule has 0 aliphatic carbocycles. The number of hydrogen-bond donors (Lipinski definition) is 1. The van der Waals surface area contributed by atoms with Crippen molar-refractivity contribution in [1.29, 1.82) is 0 Å². The fourth-order valence-electron chi connectivity index (χ4n) is 3.21. The van der Waals surface area contributed by atoms with Crippen LogP contribution >= 0.6 is 0 Å². The monoisotopic (exact) mass is 362 g/mol. The summed E-state index contributed by atoms with van der Waals surface area (Å²) in [6.07, 6.45) is 0.525. The van der Waals surface area contributed by atoms with Gasteiger partial charge in [0.15, 0.2) is 0 Å². The number of aliphatic hydroxyl groups is 1. The smallest absolute Gasteiger partial charge is 0.338 e. The van der Waals surface area contributed by atoms with Gasteiger partial charge in [0.1, 0.15) is 24.5 Å². The summed E-state index contributed by atoms with van der Waals surface area (Å²) in [5.74, 6) is -0.187. The second-order valence-electron chi connectivity index (χ2n) is 6.29. The lowest BCUT2D eigenvalue weighted by atomic mass is 10.2. The number of benzene rings is 1. The molecule has 3 amide bonds. The highest BCUT2D eigenvalue weighted by Gasteiger charge is 2.47. The molecule has 0 bridgehead atoms. The molecule has 2 aliphatic rings. The Kier molecular flexibility index (Phi) is 5.41. The van der Waals surface area contributed by atoms with Gasteiger partial charge < -0.3 is 19.5 Å². The van der Waals surface area contributed by atoms with Gasteiger partial charge in [0, 0.05) is 6.54 Å². The van der Waals surface area contributed by atoms with E-state index in [0.29, 0.717) is 30.9 Å². The molecule has 2 aliphatic heterocycles. The zero-order valence-corrected chi connectivity index (χ0v) is 14.6. The quantitative estimate of drug-likeness (QED) is 0.575. The van der Waals surface area contributed by atoms with Crippen molar-refractivity contribution in [2.75, 3.05) is 26.3 Å². The first-order chi connectivity index (χ1) is 12.5. The van der Waals surface area contributed by atoms with Crippen LogP contribution in [0.2, 0.25) is 0 Å². The third-order valence-corrected chi connectivity index (χ3v) is 4.48. The Morgan fingerprint density at radius 3 is 2.69 bits per heavy atom. The summed E-state index contributed by atoms with van der Waals surface area (Å²) >= 11 is 0. The Morgan fingerprint density at radius 1 is 1.31 bits per heavy atom. The van der Waals surface area contributed by atoms with Crippen molar-refractivity contribution in [1.82, 2.24) is 9.80 Å². The highest BCUT2D eigenvalue weighted by molar-refractivity contribution is 6.04. The van der Waals surface area contributed by atoms with Gasteiger partial charge in [-0.3, -0.25) is 9.69 Å². The lowest BCUT2D eigenvalue weighted by Gasteiger charge is -2.19. The molecule has 8 nitrogen and oxygen atoms in total. The second kappa shape index (κ2) is 7.74. The third kappa shape index (κ3) is 3.65. The first kappa shape index (κ1) is 18.2. The third-order valence-electron chi connectivity index (χ3n) is 4.48. The largest absolute Gasteiger partial charge is 0.491 e. The predicted octanol–water partition coefficient (Wildman–Crippen LogP) is 1.03. The van der Waals surface area contributed by atoms with Gasteiger partial charge in [-0.15, -0.1) is 0 Å². The lowest BCUT2D eigenvalue weighted by molar-refractivity contribution is -0.129. The van der Waals surface area contributed by atoms with Crippen molar-refractivity contribution in [2.45, 2.75) is 31.9 Å². The van der Waals surface area contributed by atoms with E-state index in [0.717, 1.165) is 11.3 Å². The average molecular weight is 362 g/mol. The number of esters is 1. The zero-order chi connectivity index (χ0) is 18.7. The molecule has 1 aromatic carbocycles. The molecular formula is C18H22N2O6. The number of aliphatic hydroxyl groups excluding tert-OH is 1. The van der Waals surface area contributed by atoms with Gasteiger partial charge in [0.05, 0.1) is 18.7 Å². The summed E-state index contributed by atoms with van der Waals surface area (Å²) in [5.41, 5.74) is 0.411. The number of amides is 3. The van der Waals surface area contributed by atoms with Crippen molar-refractivity contribution in [3.63, 3.8) is 0 Å². The number of ether oxygens (including phenoxy) is 2. The molecule has 0 aromatic heterocycles. The van der Waals surface area contributed by atoms with Crippen LogP contribution < -0.4 is 4.74 Å². The molecule has 2 atom stereocenters. The van der Waals surface area contributed by atoms with Crippen LogP contribution in [0.5, 0.6) is 5.75 Å². The minimum absolute atomic E-state index is 0.0690. The summed E-state index contributed by atoms with van der Waals surface area (Å²) < 4.78 is 10.4. The van der Waals surface area contributed by atoms with Crippen molar-refractivity contribution in [3.05, 3.63) is 29.8 Å². The maximum atomic E-state index is 12.2. The number of hydrogen-bond acceptors (Lipinski definition) is 6. The molecule has 3 rings (SSSR count). The van der Waals surface area contributed by atoms with Crippen molar-refractivity contribution in [3.8, 4) is 5.75 Å². The molecule has 0 spiro atoms. The molecule has 26 heavy (non-hydrogen) atoms. The average Bonchev–Trinajstić information content (AvgIpc) is 3.20. The predicted molar refractivity (Wildman–Crippen MR) is 90.7 cm³/mol. The van der Waals surface area contributed by atoms with E-state index < -0.39 is 12.1 Å². The number of rotatable bonds is 7. The van der Waals surface area contributed by atoms with E-state index in [9.17, 15) is 19.5 Å². The SMILES string of the molecule is CCOC(=O)c1ccc(OCC(O)CN2C(=O)C3CCCN3C2=O)cc1. The van der Waals surface area contributed by atoms with Crippen LogP contribution in [0.15, 0.2) is 24.3 Å². The van der Waals surface area contributed by atoms with E-state index in [1.54, 1.807) is 36.1 Å². The number of fused-ring (bicyclic) bond motifs is 1. The Morgan fingerprint density at radius 2 is 2.04 bits per heavy atom. The van der Waals surface area contributed by atoms with Crippen molar-refractivity contribution >= 4 is 17.9 Å². The number of carbonyl (C=O) groups excluding carboxylic acids is 3. The molecule has 140 valence electrons. The molecule has 2 unspecified atom stereocenters. The fourth-order valence-corrected chi connectivity index (χ4v) is 3.21. The molecule has 2 heterocycles. The summed E-state index contributed by atoms with van der Waals surface area (Å²) in [5, 5.41) is 10.1. The van der Waals surface area contributed by atoms with Crippen LogP contribution in [0.3, 0.4) is 0 Å². The maximum Gasteiger partial charge on any atom is 0.338 e. The summed E-state index contributed by atoms with van der Waals surface area (Å²) in [6.45, 7) is 2.46. The van der Waals surface area contributed by atoms with Crippen molar-refractivity contribution in [2.24, 2.45) is 0 Å². The highest BCUT2D eigenvalue weighted by atomic mass is 16.5. The maximum absolute atomic E-state index is 12.2. The number of β-amino-alcohol motifs (C(OH)–C–C–N with tert-alkyl or cyclic N) is 1.